The number of nitrogens with zero attached hydrogens (tertiary/aromatic N) is 1. The number of benzene rings is 3. The first kappa shape index (κ1) is 23.1. The van der Waals surface area contributed by atoms with Gasteiger partial charge in [-0.25, -0.2) is 4.98 Å². The predicted octanol–water partition coefficient (Wildman–Crippen LogP) is 4.73. The number of aliphatic carboxylic acids is 1. The number of amides is 1. The minimum Gasteiger partial charge on any atom is -0.611 e. The lowest BCUT2D eigenvalue weighted by Gasteiger charge is -2.21. The lowest BCUT2D eigenvalue weighted by Crippen LogP contribution is -2.18. The fraction of sp³-hybridized carbons (Fsp3) is 0.0800. The molecule has 4 rings (SSSR count). The fourth-order valence-corrected chi connectivity index (χ4v) is 4.87. The molecule has 0 radical (unpaired) electrons. The van der Waals surface area contributed by atoms with Crippen molar-refractivity contribution in [1.29, 1.82) is 0 Å². The van der Waals surface area contributed by atoms with E-state index < -0.39 is 22.4 Å². The van der Waals surface area contributed by atoms with Crippen LogP contribution in [0.2, 0.25) is 0 Å². The van der Waals surface area contributed by atoms with Gasteiger partial charge in [-0.2, -0.15) is 0 Å². The summed E-state index contributed by atoms with van der Waals surface area (Å²) in [6, 6.07) is 22.5. The van der Waals surface area contributed by atoms with E-state index in [9.17, 15) is 19.2 Å². The molecule has 4 N–H and O–H groups in total. The van der Waals surface area contributed by atoms with Crippen LogP contribution in [-0.4, -0.2) is 31.5 Å². The molecule has 172 valence electrons. The van der Waals surface area contributed by atoms with Crippen LogP contribution in [0.5, 0.6) is 0 Å². The van der Waals surface area contributed by atoms with Gasteiger partial charge < -0.3 is 25.3 Å². The van der Waals surface area contributed by atoms with Crippen LogP contribution in [0.1, 0.15) is 27.6 Å². The van der Waals surface area contributed by atoms with Gasteiger partial charge in [0.15, 0.2) is 10.1 Å². The number of aromatic amines is 1. The summed E-state index contributed by atoms with van der Waals surface area (Å²) in [6.45, 7) is 0. The maximum absolute atomic E-state index is 13.3. The second-order valence-corrected chi connectivity index (χ2v) is 9.05. The summed E-state index contributed by atoms with van der Waals surface area (Å²) in [5.74, 6) is -0.756. The molecule has 1 amide bonds. The number of carboxylic acids is 1. The predicted molar refractivity (Wildman–Crippen MR) is 131 cm³/mol. The Morgan fingerprint density at radius 3 is 2.44 bits per heavy atom. The summed E-state index contributed by atoms with van der Waals surface area (Å²) >= 11 is -1.63. The molecule has 8 nitrogen and oxygen atoms in total. The van der Waals surface area contributed by atoms with Crippen LogP contribution in [0.4, 0.5) is 17.3 Å². The minimum absolute atomic E-state index is 0.272. The Balaban J connectivity index is 1.47. The molecule has 0 spiro atoms. The average Bonchev–Trinajstić information content (AvgIpc) is 3.36. The molecule has 0 aliphatic carbocycles. The molecule has 2 unspecified atom stereocenters. The van der Waals surface area contributed by atoms with E-state index in [1.807, 2.05) is 6.07 Å². The number of carbonyl (C=O) groups is 2. The number of hydrogen-bond donors (Lipinski definition) is 4. The number of aromatic nitrogens is 2. The molecule has 0 saturated heterocycles. The normalized spacial score (nSPS) is 12.5. The SMILES string of the molecule is O=C(O)CC(c1ccccc1)[S+]([O-])c1cccc(NC(=O)c2ccc(Nc3ncc[nH]3)cc2)c1. The van der Waals surface area contributed by atoms with Crippen molar-refractivity contribution in [2.75, 3.05) is 10.6 Å². The van der Waals surface area contributed by atoms with E-state index in [1.54, 1.807) is 85.2 Å². The zero-order chi connectivity index (χ0) is 23.9. The van der Waals surface area contributed by atoms with Gasteiger partial charge in [0.25, 0.3) is 5.91 Å². The number of H-pyrrole nitrogens is 1. The summed E-state index contributed by atoms with van der Waals surface area (Å²) in [5.41, 5.74) is 2.37. The Hall–Kier alpha value is -4.08. The third-order valence-corrected chi connectivity index (χ3v) is 6.70. The first-order chi connectivity index (χ1) is 16.5. The highest BCUT2D eigenvalue weighted by molar-refractivity contribution is 7.91. The topological polar surface area (TPSA) is 130 Å². The maximum atomic E-state index is 13.3. The van der Waals surface area contributed by atoms with Crippen molar-refractivity contribution in [3.05, 3.63) is 102 Å². The highest BCUT2D eigenvalue weighted by Crippen LogP contribution is 2.33. The van der Waals surface area contributed by atoms with Gasteiger partial charge in [-0.05, 0) is 47.6 Å². The molecule has 2 atom stereocenters. The van der Waals surface area contributed by atoms with Crippen LogP contribution in [0.3, 0.4) is 0 Å². The van der Waals surface area contributed by atoms with Gasteiger partial charge in [0.1, 0.15) is 0 Å². The molecule has 0 saturated carbocycles. The van der Waals surface area contributed by atoms with Gasteiger partial charge in [0.05, 0.1) is 6.42 Å². The highest BCUT2D eigenvalue weighted by atomic mass is 32.2. The number of hydrogen-bond acceptors (Lipinski definition) is 5. The first-order valence-corrected chi connectivity index (χ1v) is 11.7. The lowest BCUT2D eigenvalue weighted by atomic mass is 10.1. The number of carboxylic acid groups (broad SMARTS) is 1. The molecular formula is C25H22N4O4S. The zero-order valence-electron chi connectivity index (χ0n) is 18.0. The smallest absolute Gasteiger partial charge is 0.308 e. The highest BCUT2D eigenvalue weighted by Gasteiger charge is 2.29. The number of carbonyl (C=O) groups excluding carboxylic acids is 1. The van der Waals surface area contributed by atoms with Gasteiger partial charge in [-0.1, -0.05) is 36.4 Å². The van der Waals surface area contributed by atoms with Crippen LogP contribution in [-0.2, 0) is 16.0 Å². The first-order valence-electron chi connectivity index (χ1n) is 10.4. The van der Waals surface area contributed by atoms with Gasteiger partial charge in [-0.15, -0.1) is 0 Å². The second kappa shape index (κ2) is 10.7. The lowest BCUT2D eigenvalue weighted by molar-refractivity contribution is -0.137. The van der Waals surface area contributed by atoms with Gasteiger partial charge in [-0.3, -0.25) is 9.59 Å². The van der Waals surface area contributed by atoms with Crippen LogP contribution in [0.15, 0.2) is 96.2 Å². The van der Waals surface area contributed by atoms with E-state index in [1.165, 1.54) is 0 Å². The Kier molecular flexibility index (Phi) is 7.26. The van der Waals surface area contributed by atoms with Crippen molar-refractivity contribution < 1.29 is 19.2 Å². The number of rotatable bonds is 9. The summed E-state index contributed by atoms with van der Waals surface area (Å²) in [6.07, 6.45) is 3.07. The minimum atomic E-state index is -1.63. The van der Waals surface area contributed by atoms with E-state index in [4.69, 9.17) is 0 Å². The summed E-state index contributed by atoms with van der Waals surface area (Å²) in [4.78, 5) is 31.6. The molecule has 1 heterocycles. The van der Waals surface area contributed by atoms with Gasteiger partial charge in [0, 0.05) is 41.0 Å². The third-order valence-electron chi connectivity index (χ3n) is 5.02. The molecule has 0 aliphatic heterocycles. The van der Waals surface area contributed by atoms with Crippen molar-refractivity contribution >= 4 is 40.4 Å². The Labute approximate surface area is 199 Å². The fourth-order valence-electron chi connectivity index (χ4n) is 3.39. The largest absolute Gasteiger partial charge is 0.611 e. The monoisotopic (exact) mass is 474 g/mol. The van der Waals surface area contributed by atoms with E-state index in [0.717, 1.165) is 5.69 Å². The van der Waals surface area contributed by atoms with E-state index in [2.05, 4.69) is 20.6 Å². The molecule has 0 bridgehead atoms. The van der Waals surface area contributed by atoms with Crippen molar-refractivity contribution in [3.63, 3.8) is 0 Å². The molecule has 1 aromatic heterocycles. The molecule has 9 heteroatoms. The van der Waals surface area contributed by atoms with Crippen molar-refractivity contribution in [1.82, 2.24) is 9.97 Å². The van der Waals surface area contributed by atoms with E-state index >= 15 is 0 Å². The summed E-state index contributed by atoms with van der Waals surface area (Å²) in [5, 5.41) is 14.5. The zero-order valence-corrected chi connectivity index (χ0v) is 18.8. The average molecular weight is 475 g/mol. The van der Waals surface area contributed by atoms with Crippen LogP contribution in [0.25, 0.3) is 0 Å². The second-order valence-electron chi connectivity index (χ2n) is 7.42. The van der Waals surface area contributed by atoms with Gasteiger partial charge >= 0.3 is 5.97 Å². The molecule has 34 heavy (non-hydrogen) atoms. The Bertz CT molecular complexity index is 1250. The number of anilines is 3. The van der Waals surface area contributed by atoms with Crippen molar-refractivity contribution in [2.45, 2.75) is 16.6 Å². The van der Waals surface area contributed by atoms with E-state index in [-0.39, 0.29) is 12.3 Å². The standard InChI is InChI=1S/C25H22N4O4S/c30-23(31)16-22(17-5-2-1-3-6-17)34(33)21-8-4-7-20(15-21)28-24(32)18-9-11-19(12-10-18)29-25-26-13-14-27-25/h1-15,22H,16H2,(H,28,32)(H,30,31)(H2,26,27,29). The molecule has 0 aliphatic rings. The molecular weight excluding hydrogens is 452 g/mol. The van der Waals surface area contributed by atoms with Gasteiger partial charge in [0.2, 0.25) is 5.95 Å². The van der Waals surface area contributed by atoms with Crippen LogP contribution >= 0.6 is 0 Å². The molecule has 0 fully saturated rings. The quantitative estimate of drug-likeness (QED) is 0.260. The Morgan fingerprint density at radius 1 is 1.00 bits per heavy atom. The van der Waals surface area contributed by atoms with E-state index in [0.29, 0.717) is 27.7 Å². The summed E-state index contributed by atoms with van der Waals surface area (Å²) < 4.78 is 13.3. The Morgan fingerprint density at radius 2 is 1.76 bits per heavy atom. The van der Waals surface area contributed by atoms with Crippen LogP contribution in [0, 0.1) is 0 Å². The number of nitrogens with one attached hydrogen (secondary N) is 3. The summed E-state index contributed by atoms with van der Waals surface area (Å²) in [7, 11) is 0. The van der Waals surface area contributed by atoms with Crippen molar-refractivity contribution in [2.24, 2.45) is 0 Å². The number of imidazole rings is 1. The maximum Gasteiger partial charge on any atom is 0.308 e. The third kappa shape index (κ3) is 5.83. The molecule has 4 aromatic rings. The molecule has 3 aromatic carbocycles. The van der Waals surface area contributed by atoms with Crippen LogP contribution < -0.4 is 10.6 Å². The van der Waals surface area contributed by atoms with Crippen molar-refractivity contribution in [3.8, 4) is 0 Å².